The fourth-order valence-corrected chi connectivity index (χ4v) is 4.90. The van der Waals surface area contributed by atoms with Crippen LogP contribution in [-0.4, -0.2) is 15.7 Å². The highest BCUT2D eigenvalue weighted by molar-refractivity contribution is 7.20. The molecule has 0 bridgehead atoms. The monoisotopic (exact) mass is 367 g/mol. The standard InChI is InChI=1S/C21H25N3OS/c1-3-15-9-11-16(12-10-15)22-20(25)19-13-18-14(2)23-24(21(18)26-19)17-7-5-4-6-8-17/h9-13,17H,3-8H2,1-2H3,(H,22,25). The number of carbonyl (C=O) groups excluding carboxylic acids is 1. The number of hydrogen-bond donors (Lipinski definition) is 1. The van der Waals surface area contributed by atoms with Gasteiger partial charge in [0.2, 0.25) is 0 Å². The summed E-state index contributed by atoms with van der Waals surface area (Å²) in [5.74, 6) is -0.0370. The first-order valence-corrected chi connectivity index (χ1v) is 10.4. The van der Waals surface area contributed by atoms with Gasteiger partial charge in [0, 0.05) is 11.1 Å². The lowest BCUT2D eigenvalue weighted by Crippen LogP contribution is -2.14. The summed E-state index contributed by atoms with van der Waals surface area (Å²) in [6.45, 7) is 4.17. The molecule has 0 spiro atoms. The number of aromatic nitrogens is 2. The van der Waals surface area contributed by atoms with Crippen LogP contribution in [0.4, 0.5) is 5.69 Å². The van der Waals surface area contributed by atoms with Gasteiger partial charge >= 0.3 is 0 Å². The molecule has 4 nitrogen and oxygen atoms in total. The molecule has 1 aliphatic carbocycles. The molecule has 0 atom stereocenters. The van der Waals surface area contributed by atoms with Crippen LogP contribution >= 0.6 is 11.3 Å². The quantitative estimate of drug-likeness (QED) is 0.640. The predicted molar refractivity (Wildman–Crippen MR) is 108 cm³/mol. The van der Waals surface area contributed by atoms with Gasteiger partial charge < -0.3 is 5.32 Å². The van der Waals surface area contributed by atoms with E-state index in [9.17, 15) is 4.79 Å². The smallest absolute Gasteiger partial charge is 0.265 e. The Hall–Kier alpha value is -2.14. The van der Waals surface area contributed by atoms with Crippen molar-refractivity contribution in [2.24, 2.45) is 0 Å². The van der Waals surface area contributed by atoms with Crippen LogP contribution < -0.4 is 5.32 Å². The van der Waals surface area contributed by atoms with E-state index in [1.807, 2.05) is 25.1 Å². The summed E-state index contributed by atoms with van der Waals surface area (Å²) >= 11 is 1.56. The van der Waals surface area contributed by atoms with Gasteiger partial charge in [0.25, 0.3) is 5.91 Å². The molecule has 0 unspecified atom stereocenters. The first kappa shape index (κ1) is 17.3. The topological polar surface area (TPSA) is 46.9 Å². The van der Waals surface area contributed by atoms with Crippen molar-refractivity contribution < 1.29 is 4.79 Å². The van der Waals surface area contributed by atoms with Crippen LogP contribution in [0.2, 0.25) is 0 Å². The normalized spacial score (nSPS) is 15.5. The average molecular weight is 368 g/mol. The van der Waals surface area contributed by atoms with Crippen molar-refractivity contribution in [2.45, 2.75) is 58.4 Å². The zero-order valence-electron chi connectivity index (χ0n) is 15.4. The molecule has 2 heterocycles. The maximum atomic E-state index is 12.7. The molecule has 0 aliphatic heterocycles. The molecule has 3 aromatic rings. The van der Waals surface area contributed by atoms with Crippen molar-refractivity contribution in [1.29, 1.82) is 0 Å². The molecular weight excluding hydrogens is 342 g/mol. The fraction of sp³-hybridized carbons (Fsp3) is 0.429. The molecule has 5 heteroatoms. The van der Waals surface area contributed by atoms with Crippen molar-refractivity contribution in [3.05, 3.63) is 46.5 Å². The second-order valence-corrected chi connectivity index (χ2v) is 8.19. The number of carbonyl (C=O) groups is 1. The zero-order valence-corrected chi connectivity index (χ0v) is 16.2. The third kappa shape index (κ3) is 3.28. The predicted octanol–water partition coefficient (Wildman–Crippen LogP) is 5.73. The molecule has 0 saturated heterocycles. The van der Waals surface area contributed by atoms with Gasteiger partial charge in [0.15, 0.2) is 0 Å². The number of benzene rings is 1. The summed E-state index contributed by atoms with van der Waals surface area (Å²) in [6, 6.07) is 10.5. The Labute approximate surface area is 158 Å². The Balaban J connectivity index is 1.59. The maximum Gasteiger partial charge on any atom is 0.265 e. The summed E-state index contributed by atoms with van der Waals surface area (Å²) in [4.78, 5) is 14.6. The van der Waals surface area contributed by atoms with Gasteiger partial charge in [-0.05, 0) is 49.9 Å². The second-order valence-electron chi connectivity index (χ2n) is 7.16. The number of thiophene rings is 1. The lowest BCUT2D eigenvalue weighted by molar-refractivity contribution is 0.103. The van der Waals surface area contributed by atoms with Crippen molar-refractivity contribution >= 4 is 33.1 Å². The highest BCUT2D eigenvalue weighted by Gasteiger charge is 2.22. The van der Waals surface area contributed by atoms with Gasteiger partial charge in [0.1, 0.15) is 4.83 Å². The molecule has 2 aromatic heterocycles. The summed E-state index contributed by atoms with van der Waals surface area (Å²) in [5.41, 5.74) is 3.14. The van der Waals surface area contributed by atoms with Crippen LogP contribution in [0.1, 0.15) is 66.0 Å². The zero-order chi connectivity index (χ0) is 18.1. The van der Waals surface area contributed by atoms with Crippen LogP contribution in [-0.2, 0) is 6.42 Å². The van der Waals surface area contributed by atoms with Gasteiger partial charge in [-0.25, -0.2) is 0 Å². The van der Waals surface area contributed by atoms with Crippen LogP contribution in [0.25, 0.3) is 10.2 Å². The SMILES string of the molecule is CCc1ccc(NC(=O)c2cc3c(C)nn(C4CCCCC4)c3s2)cc1. The molecule has 136 valence electrons. The van der Waals surface area contributed by atoms with Crippen molar-refractivity contribution in [3.8, 4) is 0 Å². The summed E-state index contributed by atoms with van der Waals surface area (Å²) < 4.78 is 2.18. The number of aryl methyl sites for hydroxylation is 2. The minimum Gasteiger partial charge on any atom is -0.321 e. The maximum absolute atomic E-state index is 12.7. The van der Waals surface area contributed by atoms with Crippen molar-refractivity contribution in [2.75, 3.05) is 5.32 Å². The lowest BCUT2D eigenvalue weighted by Gasteiger charge is -2.22. The van der Waals surface area contributed by atoms with E-state index in [4.69, 9.17) is 5.10 Å². The summed E-state index contributed by atoms with van der Waals surface area (Å²) in [7, 11) is 0. The van der Waals surface area contributed by atoms with E-state index in [0.717, 1.165) is 32.9 Å². The van der Waals surface area contributed by atoms with Crippen LogP contribution in [0.3, 0.4) is 0 Å². The number of nitrogens with one attached hydrogen (secondary N) is 1. The van der Waals surface area contributed by atoms with Gasteiger partial charge in [-0.3, -0.25) is 9.48 Å². The van der Waals surface area contributed by atoms with E-state index in [1.54, 1.807) is 11.3 Å². The minimum atomic E-state index is -0.0370. The van der Waals surface area contributed by atoms with Crippen LogP contribution in [0.15, 0.2) is 30.3 Å². The first-order chi connectivity index (χ1) is 12.7. The molecule has 1 N–H and O–H groups in total. The van der Waals surface area contributed by atoms with E-state index in [2.05, 4.69) is 29.1 Å². The van der Waals surface area contributed by atoms with Crippen molar-refractivity contribution in [3.63, 3.8) is 0 Å². The van der Waals surface area contributed by atoms with Crippen LogP contribution in [0.5, 0.6) is 0 Å². The number of fused-ring (bicyclic) bond motifs is 1. The highest BCUT2D eigenvalue weighted by Crippen LogP contribution is 2.35. The number of amides is 1. The lowest BCUT2D eigenvalue weighted by atomic mass is 9.96. The first-order valence-electron chi connectivity index (χ1n) is 9.54. The largest absolute Gasteiger partial charge is 0.321 e. The Bertz CT molecular complexity index is 917. The number of anilines is 1. The molecule has 1 fully saturated rings. The molecule has 4 rings (SSSR count). The van der Waals surface area contributed by atoms with Gasteiger partial charge in [-0.2, -0.15) is 5.10 Å². The Kier molecular flexibility index (Phi) is 4.81. The fourth-order valence-electron chi connectivity index (χ4n) is 3.77. The molecule has 1 aliphatic rings. The average Bonchev–Trinajstić information content (AvgIpc) is 3.24. The van der Waals surface area contributed by atoms with E-state index in [-0.39, 0.29) is 5.91 Å². The molecule has 0 radical (unpaired) electrons. The second kappa shape index (κ2) is 7.23. The number of hydrogen-bond acceptors (Lipinski definition) is 3. The molecule has 1 amide bonds. The van der Waals surface area contributed by atoms with E-state index in [0.29, 0.717) is 6.04 Å². The molecule has 1 saturated carbocycles. The Morgan fingerprint density at radius 2 is 1.96 bits per heavy atom. The van der Waals surface area contributed by atoms with E-state index in [1.165, 1.54) is 37.7 Å². The summed E-state index contributed by atoms with van der Waals surface area (Å²) in [6.07, 6.45) is 7.27. The van der Waals surface area contributed by atoms with Crippen molar-refractivity contribution in [1.82, 2.24) is 9.78 Å². The third-order valence-corrected chi connectivity index (χ3v) is 6.46. The van der Waals surface area contributed by atoms with E-state index >= 15 is 0 Å². The molecule has 1 aromatic carbocycles. The van der Waals surface area contributed by atoms with Crippen LogP contribution in [0, 0.1) is 6.92 Å². The summed E-state index contributed by atoms with van der Waals surface area (Å²) in [5, 5.41) is 8.91. The number of nitrogens with zero attached hydrogens (tertiary/aromatic N) is 2. The van der Waals surface area contributed by atoms with E-state index < -0.39 is 0 Å². The minimum absolute atomic E-state index is 0.0370. The number of rotatable bonds is 4. The Morgan fingerprint density at radius 1 is 1.23 bits per heavy atom. The van der Waals surface area contributed by atoms with Gasteiger partial charge in [-0.1, -0.05) is 38.3 Å². The molecule has 26 heavy (non-hydrogen) atoms. The van der Waals surface area contributed by atoms with Gasteiger partial charge in [0.05, 0.1) is 16.6 Å². The highest BCUT2D eigenvalue weighted by atomic mass is 32.1. The van der Waals surface area contributed by atoms with Gasteiger partial charge in [-0.15, -0.1) is 11.3 Å². The molecular formula is C21H25N3OS. The Morgan fingerprint density at radius 3 is 2.65 bits per heavy atom. The third-order valence-electron chi connectivity index (χ3n) is 5.33.